The summed E-state index contributed by atoms with van der Waals surface area (Å²) in [6.07, 6.45) is 4.71. The fourth-order valence-electron chi connectivity index (χ4n) is 3.90. The zero-order chi connectivity index (χ0) is 20.9. The summed E-state index contributed by atoms with van der Waals surface area (Å²) in [5.74, 6) is -0.289. The van der Waals surface area contributed by atoms with Crippen LogP contribution in [0, 0.1) is 6.92 Å². The lowest BCUT2D eigenvalue weighted by molar-refractivity contribution is -0.119. The van der Waals surface area contributed by atoms with E-state index in [4.69, 9.17) is 4.74 Å². The lowest BCUT2D eigenvalue weighted by Gasteiger charge is -2.19. The molecule has 8 heteroatoms. The van der Waals surface area contributed by atoms with Crippen LogP contribution in [0.25, 0.3) is 0 Å². The molecule has 1 aromatic carbocycles. The summed E-state index contributed by atoms with van der Waals surface area (Å²) in [5, 5.41) is 10.8. The van der Waals surface area contributed by atoms with Crippen molar-refractivity contribution in [3.05, 3.63) is 41.6 Å². The van der Waals surface area contributed by atoms with Crippen molar-refractivity contribution in [2.45, 2.75) is 32.6 Å². The van der Waals surface area contributed by atoms with Crippen molar-refractivity contribution in [2.75, 3.05) is 47.9 Å². The molecular formula is C22H27N5O3. The lowest BCUT2D eigenvalue weighted by Crippen LogP contribution is -2.23. The first-order chi connectivity index (χ1) is 14.6. The quantitative estimate of drug-likeness (QED) is 0.734. The van der Waals surface area contributed by atoms with Gasteiger partial charge < -0.3 is 19.9 Å². The molecule has 0 unspecified atom stereocenters. The third-order valence-electron chi connectivity index (χ3n) is 5.58. The van der Waals surface area contributed by atoms with Crippen molar-refractivity contribution in [3.63, 3.8) is 0 Å². The normalized spacial score (nSPS) is 16.0. The summed E-state index contributed by atoms with van der Waals surface area (Å²) in [4.78, 5) is 28.9. The van der Waals surface area contributed by atoms with E-state index in [9.17, 15) is 9.59 Å². The first-order valence-corrected chi connectivity index (χ1v) is 10.5. The van der Waals surface area contributed by atoms with E-state index in [1.165, 1.54) is 18.5 Å². The van der Waals surface area contributed by atoms with Gasteiger partial charge in [0.2, 0.25) is 0 Å². The Labute approximate surface area is 176 Å². The van der Waals surface area contributed by atoms with Crippen molar-refractivity contribution in [1.82, 2.24) is 10.2 Å². The average Bonchev–Trinajstić information content (AvgIpc) is 3.48. The molecule has 2 fully saturated rings. The van der Waals surface area contributed by atoms with E-state index in [-0.39, 0.29) is 18.2 Å². The number of anilines is 3. The molecular weight excluding hydrogens is 382 g/mol. The maximum absolute atomic E-state index is 12.2. The van der Waals surface area contributed by atoms with Gasteiger partial charge >= 0.3 is 5.97 Å². The number of nitrogens with one attached hydrogen (secondary N) is 1. The van der Waals surface area contributed by atoms with Crippen molar-refractivity contribution >= 4 is 29.1 Å². The molecule has 158 valence electrons. The molecule has 2 saturated heterocycles. The molecule has 1 N–H and O–H groups in total. The Balaban J connectivity index is 1.28. The summed E-state index contributed by atoms with van der Waals surface area (Å²) in [6, 6.07) is 9.33. The SMILES string of the molecule is Cc1cc(N2CCCC2)ccc1NC(=O)COC(=O)c1ccc(N2CCCC2)nn1. The van der Waals surface area contributed by atoms with Crippen LogP contribution < -0.4 is 15.1 Å². The molecule has 0 saturated carbocycles. The van der Waals surface area contributed by atoms with Gasteiger partial charge in [-0.3, -0.25) is 4.79 Å². The molecule has 0 spiro atoms. The molecule has 30 heavy (non-hydrogen) atoms. The number of esters is 1. The number of aryl methyl sites for hydroxylation is 1. The topological polar surface area (TPSA) is 87.7 Å². The van der Waals surface area contributed by atoms with Crippen molar-refractivity contribution in [2.24, 2.45) is 0 Å². The number of carbonyl (C=O) groups is 2. The molecule has 0 aliphatic carbocycles. The molecule has 0 atom stereocenters. The Morgan fingerprint density at radius 2 is 1.67 bits per heavy atom. The van der Waals surface area contributed by atoms with Gasteiger partial charge in [0.05, 0.1) is 0 Å². The summed E-state index contributed by atoms with van der Waals surface area (Å²) in [5.41, 5.74) is 2.96. The third-order valence-corrected chi connectivity index (χ3v) is 5.58. The summed E-state index contributed by atoms with van der Waals surface area (Å²) < 4.78 is 5.10. The standard InChI is InChI=1S/C22H27N5O3/c1-16-14-17(26-10-2-3-11-26)6-7-18(16)23-21(28)15-30-22(29)19-8-9-20(25-24-19)27-12-4-5-13-27/h6-9,14H,2-5,10-13,15H2,1H3,(H,23,28). The van der Waals surface area contributed by atoms with Crippen molar-refractivity contribution in [1.29, 1.82) is 0 Å². The second-order valence-corrected chi connectivity index (χ2v) is 7.79. The molecule has 3 heterocycles. The van der Waals surface area contributed by atoms with E-state index in [1.54, 1.807) is 12.1 Å². The van der Waals surface area contributed by atoms with Crippen LogP contribution in [0.3, 0.4) is 0 Å². The summed E-state index contributed by atoms with van der Waals surface area (Å²) >= 11 is 0. The second kappa shape index (κ2) is 9.11. The second-order valence-electron chi connectivity index (χ2n) is 7.79. The van der Waals surface area contributed by atoms with Crippen LogP contribution in [-0.2, 0) is 9.53 Å². The van der Waals surface area contributed by atoms with Gasteiger partial charge in [0, 0.05) is 37.6 Å². The number of benzene rings is 1. The Bertz CT molecular complexity index is 903. The molecule has 2 aliphatic rings. The van der Waals surface area contributed by atoms with Crippen molar-refractivity contribution < 1.29 is 14.3 Å². The maximum Gasteiger partial charge on any atom is 0.359 e. The van der Waals surface area contributed by atoms with E-state index in [0.717, 1.165) is 50.4 Å². The lowest BCUT2D eigenvalue weighted by atomic mass is 10.1. The van der Waals surface area contributed by atoms with Crippen LogP contribution >= 0.6 is 0 Å². The highest BCUT2D eigenvalue weighted by Gasteiger charge is 2.17. The minimum atomic E-state index is -0.660. The monoisotopic (exact) mass is 409 g/mol. The van der Waals surface area contributed by atoms with Crippen LogP contribution in [0.5, 0.6) is 0 Å². The number of hydrogen-bond donors (Lipinski definition) is 1. The number of amides is 1. The third kappa shape index (κ3) is 4.69. The molecule has 0 radical (unpaired) electrons. The molecule has 2 aromatic rings. The summed E-state index contributed by atoms with van der Waals surface area (Å²) in [6.45, 7) is 5.64. The Morgan fingerprint density at radius 3 is 2.30 bits per heavy atom. The van der Waals surface area contributed by atoms with Gasteiger partial charge in [-0.05, 0) is 68.5 Å². The van der Waals surface area contributed by atoms with Gasteiger partial charge in [-0.15, -0.1) is 10.2 Å². The van der Waals surface area contributed by atoms with E-state index in [1.807, 2.05) is 19.1 Å². The highest BCUT2D eigenvalue weighted by atomic mass is 16.5. The largest absolute Gasteiger partial charge is 0.451 e. The highest BCUT2D eigenvalue weighted by Crippen LogP contribution is 2.25. The molecule has 4 rings (SSSR count). The number of nitrogens with zero attached hydrogens (tertiary/aromatic N) is 4. The predicted molar refractivity (Wildman–Crippen MR) is 115 cm³/mol. The van der Waals surface area contributed by atoms with E-state index >= 15 is 0 Å². The van der Waals surface area contributed by atoms with Crippen molar-refractivity contribution in [3.8, 4) is 0 Å². The number of aromatic nitrogens is 2. The van der Waals surface area contributed by atoms with Crippen LogP contribution in [0.2, 0.25) is 0 Å². The fraction of sp³-hybridized carbons (Fsp3) is 0.455. The van der Waals surface area contributed by atoms with Gasteiger partial charge in [-0.1, -0.05) is 0 Å². The molecule has 2 aliphatic heterocycles. The highest BCUT2D eigenvalue weighted by molar-refractivity contribution is 5.95. The molecule has 1 aromatic heterocycles. The average molecular weight is 409 g/mol. The molecule has 1 amide bonds. The number of rotatable bonds is 6. The smallest absolute Gasteiger partial charge is 0.359 e. The number of ether oxygens (including phenoxy) is 1. The van der Waals surface area contributed by atoms with Gasteiger partial charge in [0.1, 0.15) is 0 Å². The first kappa shape index (κ1) is 20.1. The Morgan fingerprint density at radius 1 is 0.967 bits per heavy atom. The zero-order valence-corrected chi connectivity index (χ0v) is 17.3. The fourth-order valence-corrected chi connectivity index (χ4v) is 3.90. The van der Waals surface area contributed by atoms with E-state index < -0.39 is 5.97 Å². The van der Waals surface area contributed by atoms with E-state index in [2.05, 4.69) is 31.4 Å². The van der Waals surface area contributed by atoms with Gasteiger partial charge in [0.15, 0.2) is 18.1 Å². The molecule has 8 nitrogen and oxygen atoms in total. The Kier molecular flexibility index (Phi) is 6.11. The van der Waals surface area contributed by atoms with Crippen LogP contribution in [0.4, 0.5) is 17.2 Å². The number of carbonyl (C=O) groups excluding carboxylic acids is 2. The predicted octanol–water partition coefficient (Wildman–Crippen LogP) is 2.78. The zero-order valence-electron chi connectivity index (χ0n) is 17.3. The van der Waals surface area contributed by atoms with Gasteiger partial charge in [0.25, 0.3) is 5.91 Å². The minimum Gasteiger partial charge on any atom is -0.451 e. The van der Waals surface area contributed by atoms with E-state index in [0.29, 0.717) is 5.69 Å². The van der Waals surface area contributed by atoms with Crippen LogP contribution in [0.1, 0.15) is 41.7 Å². The van der Waals surface area contributed by atoms with Crippen LogP contribution in [-0.4, -0.2) is 54.9 Å². The van der Waals surface area contributed by atoms with Gasteiger partial charge in [-0.25, -0.2) is 4.79 Å². The first-order valence-electron chi connectivity index (χ1n) is 10.5. The van der Waals surface area contributed by atoms with Gasteiger partial charge in [-0.2, -0.15) is 0 Å². The number of hydrogen-bond acceptors (Lipinski definition) is 7. The summed E-state index contributed by atoms with van der Waals surface area (Å²) in [7, 11) is 0. The maximum atomic E-state index is 12.2. The molecule has 0 bridgehead atoms. The Hall–Kier alpha value is -3.16. The van der Waals surface area contributed by atoms with Crippen LogP contribution in [0.15, 0.2) is 30.3 Å². The minimum absolute atomic E-state index is 0.0943.